The number of hydrogen-bond acceptors (Lipinski definition) is 5. The van der Waals surface area contributed by atoms with Crippen LogP contribution in [0, 0.1) is 5.92 Å². The molecule has 0 saturated carbocycles. The lowest BCUT2D eigenvalue weighted by molar-refractivity contribution is -0.147. The van der Waals surface area contributed by atoms with Crippen LogP contribution in [0.5, 0.6) is 0 Å². The van der Waals surface area contributed by atoms with Crippen LogP contribution in [0.1, 0.15) is 23.7 Å². The molecule has 0 spiro atoms. The van der Waals surface area contributed by atoms with Crippen molar-refractivity contribution >= 4 is 28.6 Å². The predicted molar refractivity (Wildman–Crippen MR) is 93.0 cm³/mol. The highest BCUT2D eigenvalue weighted by Crippen LogP contribution is 2.16. The highest BCUT2D eigenvalue weighted by molar-refractivity contribution is 6.00. The zero-order valence-corrected chi connectivity index (χ0v) is 14.4. The van der Waals surface area contributed by atoms with Crippen molar-refractivity contribution in [1.82, 2.24) is 5.32 Å². The number of ether oxygens (including phenoxy) is 2. The molecule has 0 radical (unpaired) electrons. The molecule has 0 saturated heterocycles. The lowest BCUT2D eigenvalue weighted by Crippen LogP contribution is -2.43. The fourth-order valence-electron chi connectivity index (χ4n) is 2.58. The molecule has 2 aromatic carbocycles. The second kappa shape index (κ2) is 8.28. The monoisotopic (exact) mass is 343 g/mol. The Balaban J connectivity index is 2.17. The summed E-state index contributed by atoms with van der Waals surface area (Å²) in [7, 11) is 2.51. The van der Waals surface area contributed by atoms with Gasteiger partial charge in [-0.25, -0.2) is 4.79 Å². The van der Waals surface area contributed by atoms with Crippen molar-refractivity contribution in [3.8, 4) is 0 Å². The fraction of sp³-hybridized carbons (Fsp3) is 0.316. The molecule has 0 unspecified atom stereocenters. The van der Waals surface area contributed by atoms with Crippen LogP contribution in [0.3, 0.4) is 0 Å². The molecule has 0 aliphatic rings. The van der Waals surface area contributed by atoms with E-state index < -0.39 is 29.8 Å². The quantitative estimate of drug-likeness (QED) is 0.814. The van der Waals surface area contributed by atoms with E-state index in [2.05, 4.69) is 10.1 Å². The molecule has 0 aromatic heterocycles. The minimum atomic E-state index is -0.932. The van der Waals surface area contributed by atoms with Crippen LogP contribution in [-0.4, -0.2) is 38.1 Å². The molecular formula is C19H21NO5. The minimum Gasteiger partial charge on any atom is -0.469 e. The van der Waals surface area contributed by atoms with Crippen molar-refractivity contribution < 1.29 is 23.9 Å². The Morgan fingerprint density at radius 1 is 0.960 bits per heavy atom. The van der Waals surface area contributed by atoms with Crippen LogP contribution in [-0.2, 0) is 19.1 Å². The van der Waals surface area contributed by atoms with Gasteiger partial charge in [0.25, 0.3) is 5.91 Å². The third kappa shape index (κ3) is 4.56. The van der Waals surface area contributed by atoms with Crippen LogP contribution < -0.4 is 5.32 Å². The number of fused-ring (bicyclic) bond motifs is 1. The highest BCUT2D eigenvalue weighted by Gasteiger charge is 2.27. The average Bonchev–Trinajstić information content (AvgIpc) is 2.65. The number of carbonyl (C=O) groups excluding carboxylic acids is 3. The molecule has 6 nitrogen and oxygen atoms in total. The second-order valence-corrected chi connectivity index (χ2v) is 5.77. The van der Waals surface area contributed by atoms with Gasteiger partial charge < -0.3 is 14.8 Å². The number of esters is 2. The second-order valence-electron chi connectivity index (χ2n) is 5.77. The number of hydrogen-bond donors (Lipinski definition) is 1. The number of methoxy groups -OCH3 is 2. The van der Waals surface area contributed by atoms with E-state index >= 15 is 0 Å². The van der Waals surface area contributed by atoms with Gasteiger partial charge in [0.1, 0.15) is 6.04 Å². The van der Waals surface area contributed by atoms with E-state index in [1.165, 1.54) is 14.2 Å². The largest absolute Gasteiger partial charge is 0.469 e. The molecule has 0 bridgehead atoms. The van der Waals surface area contributed by atoms with Gasteiger partial charge in [-0.3, -0.25) is 9.59 Å². The molecule has 0 heterocycles. The molecule has 0 fully saturated rings. The Hall–Kier alpha value is -2.89. The fourth-order valence-corrected chi connectivity index (χ4v) is 2.58. The lowest BCUT2D eigenvalue weighted by atomic mass is 10.0. The van der Waals surface area contributed by atoms with Crippen molar-refractivity contribution in [3.05, 3.63) is 48.0 Å². The van der Waals surface area contributed by atoms with Crippen LogP contribution in [0.4, 0.5) is 0 Å². The van der Waals surface area contributed by atoms with E-state index in [-0.39, 0.29) is 6.42 Å². The predicted octanol–water partition coefficient (Wildman–Crippen LogP) is 2.31. The van der Waals surface area contributed by atoms with E-state index in [0.29, 0.717) is 5.56 Å². The zero-order chi connectivity index (χ0) is 18.4. The Morgan fingerprint density at radius 2 is 1.60 bits per heavy atom. The SMILES string of the molecule is COC(=O)[C@H](C)C[C@H](NC(=O)c1ccc2ccccc2c1)C(=O)OC. The van der Waals surface area contributed by atoms with Crippen LogP contribution in [0.15, 0.2) is 42.5 Å². The summed E-state index contributed by atoms with van der Waals surface area (Å²) in [6, 6.07) is 12.0. The van der Waals surface area contributed by atoms with Crippen LogP contribution in [0.25, 0.3) is 10.8 Å². The molecule has 132 valence electrons. The summed E-state index contributed by atoms with van der Waals surface area (Å²) in [6.45, 7) is 1.63. The molecule has 2 rings (SSSR count). The maximum absolute atomic E-state index is 12.5. The van der Waals surface area contributed by atoms with Gasteiger partial charge in [-0.2, -0.15) is 0 Å². The van der Waals surface area contributed by atoms with Crippen molar-refractivity contribution in [2.24, 2.45) is 5.92 Å². The first-order chi connectivity index (χ1) is 12.0. The standard InChI is InChI=1S/C19H21NO5/c1-12(18(22)24-2)10-16(19(23)25-3)20-17(21)15-9-8-13-6-4-5-7-14(13)11-15/h4-9,11-12,16H,10H2,1-3H3,(H,20,21)/t12-,16+/m1/s1. The molecule has 0 aliphatic heterocycles. The van der Waals surface area contributed by atoms with Gasteiger partial charge >= 0.3 is 11.9 Å². The number of nitrogens with one attached hydrogen (secondary N) is 1. The first kappa shape index (κ1) is 18.4. The van der Waals surface area contributed by atoms with Gasteiger partial charge in [-0.1, -0.05) is 37.3 Å². The van der Waals surface area contributed by atoms with Crippen molar-refractivity contribution in [1.29, 1.82) is 0 Å². The summed E-state index contributed by atoms with van der Waals surface area (Å²) in [5.74, 6) is -2.01. The number of benzene rings is 2. The molecule has 0 aliphatic carbocycles. The third-order valence-electron chi connectivity index (χ3n) is 4.00. The van der Waals surface area contributed by atoms with Gasteiger partial charge in [0.05, 0.1) is 20.1 Å². The summed E-state index contributed by atoms with van der Waals surface area (Å²) in [4.78, 5) is 36.0. The van der Waals surface area contributed by atoms with Gasteiger partial charge in [0.15, 0.2) is 0 Å². The first-order valence-corrected chi connectivity index (χ1v) is 7.91. The summed E-state index contributed by atoms with van der Waals surface area (Å²) in [5, 5.41) is 4.58. The topological polar surface area (TPSA) is 81.7 Å². The van der Waals surface area contributed by atoms with E-state index in [9.17, 15) is 14.4 Å². The smallest absolute Gasteiger partial charge is 0.328 e. The van der Waals surface area contributed by atoms with Gasteiger partial charge in [-0.15, -0.1) is 0 Å². The Bertz CT molecular complexity index is 786. The van der Waals surface area contributed by atoms with Gasteiger partial charge in [-0.05, 0) is 29.3 Å². The maximum Gasteiger partial charge on any atom is 0.328 e. The molecule has 2 aromatic rings. The van der Waals surface area contributed by atoms with Crippen molar-refractivity contribution in [2.45, 2.75) is 19.4 Å². The summed E-state index contributed by atoms with van der Waals surface area (Å²) in [6.07, 6.45) is 0.0959. The van der Waals surface area contributed by atoms with Crippen molar-refractivity contribution in [3.63, 3.8) is 0 Å². The van der Waals surface area contributed by atoms with E-state index in [1.807, 2.05) is 30.3 Å². The van der Waals surface area contributed by atoms with Crippen LogP contribution in [0.2, 0.25) is 0 Å². The molecular weight excluding hydrogens is 322 g/mol. The minimum absolute atomic E-state index is 0.0959. The van der Waals surface area contributed by atoms with Gasteiger partial charge in [0, 0.05) is 5.56 Å². The van der Waals surface area contributed by atoms with E-state index in [4.69, 9.17) is 4.74 Å². The third-order valence-corrected chi connectivity index (χ3v) is 4.00. The molecule has 1 amide bonds. The maximum atomic E-state index is 12.5. The van der Waals surface area contributed by atoms with Gasteiger partial charge in [0.2, 0.25) is 0 Å². The average molecular weight is 343 g/mol. The molecule has 2 atom stereocenters. The summed E-state index contributed by atoms with van der Waals surface area (Å²) < 4.78 is 9.39. The Kier molecular flexibility index (Phi) is 6.11. The Morgan fingerprint density at radius 3 is 2.24 bits per heavy atom. The molecule has 6 heteroatoms. The van der Waals surface area contributed by atoms with E-state index in [0.717, 1.165) is 10.8 Å². The zero-order valence-electron chi connectivity index (χ0n) is 14.4. The van der Waals surface area contributed by atoms with Crippen molar-refractivity contribution in [2.75, 3.05) is 14.2 Å². The number of carbonyl (C=O) groups is 3. The normalized spacial score (nSPS) is 12.9. The number of amides is 1. The lowest BCUT2D eigenvalue weighted by Gasteiger charge is -2.19. The summed E-state index contributed by atoms with van der Waals surface area (Å²) in [5.41, 5.74) is 0.429. The Labute approximate surface area is 146 Å². The van der Waals surface area contributed by atoms with Crippen LogP contribution >= 0.6 is 0 Å². The highest BCUT2D eigenvalue weighted by atomic mass is 16.5. The first-order valence-electron chi connectivity index (χ1n) is 7.91. The summed E-state index contributed by atoms with van der Waals surface area (Å²) >= 11 is 0. The molecule has 25 heavy (non-hydrogen) atoms. The molecule has 1 N–H and O–H groups in total. The van der Waals surface area contributed by atoms with E-state index in [1.54, 1.807) is 19.1 Å². The number of rotatable bonds is 6.